The summed E-state index contributed by atoms with van der Waals surface area (Å²) in [6, 6.07) is 1.11. The third-order valence-corrected chi connectivity index (χ3v) is 3.99. The van der Waals surface area contributed by atoms with Gasteiger partial charge in [-0.05, 0) is 25.8 Å². The van der Waals surface area contributed by atoms with Gasteiger partial charge in [0.2, 0.25) is 5.91 Å². The molecule has 0 bridgehead atoms. The maximum atomic E-state index is 12.1. The molecule has 2 heterocycles. The van der Waals surface area contributed by atoms with E-state index in [2.05, 4.69) is 10.3 Å². The average molecular weight is 323 g/mol. The molecule has 1 fully saturated rings. The molecule has 1 aromatic rings. The number of likely N-dealkylation sites (tertiary alicyclic amines) is 1. The molecule has 1 N–H and O–H groups in total. The number of nitrogens with one attached hydrogen (secondary N) is 1. The third-order valence-electron chi connectivity index (χ3n) is 3.03. The van der Waals surface area contributed by atoms with Gasteiger partial charge in [-0.2, -0.15) is 0 Å². The fourth-order valence-corrected chi connectivity index (χ4v) is 2.58. The molecule has 4 nitrogen and oxygen atoms in total. The number of pyridine rings is 1. The molecule has 7 heteroatoms. The lowest BCUT2D eigenvalue weighted by atomic mass is 10.3. The number of amides is 1. The van der Waals surface area contributed by atoms with E-state index in [0.717, 1.165) is 25.9 Å². The highest BCUT2D eigenvalue weighted by Gasteiger charge is 2.24. The van der Waals surface area contributed by atoms with E-state index < -0.39 is 6.04 Å². The first-order valence-corrected chi connectivity index (χ1v) is 7.19. The number of anilines is 1. The Balaban J connectivity index is 2.08. The minimum Gasteiger partial charge on any atom is -0.357 e. The van der Waals surface area contributed by atoms with E-state index >= 15 is 0 Å². The van der Waals surface area contributed by atoms with E-state index in [-0.39, 0.29) is 16.1 Å². The topological polar surface area (TPSA) is 45.2 Å². The van der Waals surface area contributed by atoms with Crippen LogP contribution in [0, 0.1) is 0 Å². The summed E-state index contributed by atoms with van der Waals surface area (Å²) in [6.07, 6.45) is 2.12. The summed E-state index contributed by atoms with van der Waals surface area (Å²) < 4.78 is 0. The number of carbonyl (C=O) groups is 1. The Kier molecular flexibility index (Phi) is 4.76. The summed E-state index contributed by atoms with van der Waals surface area (Å²) in [4.78, 5) is 18.0. The standard InChI is InChI=1S/C12H14Cl3N3O/c1-7(12(19)18-4-2-3-5-18)16-11-9(14)6-8(13)10(15)17-11/h6-7H,2-5H2,1H3,(H,16,17). The van der Waals surface area contributed by atoms with Crippen molar-refractivity contribution >= 4 is 46.5 Å². The van der Waals surface area contributed by atoms with Gasteiger partial charge < -0.3 is 10.2 Å². The van der Waals surface area contributed by atoms with Crippen molar-refractivity contribution in [3.63, 3.8) is 0 Å². The molecule has 1 aromatic heterocycles. The first-order valence-electron chi connectivity index (χ1n) is 6.06. The zero-order valence-corrected chi connectivity index (χ0v) is 12.7. The molecule has 0 saturated carbocycles. The molecular formula is C12H14Cl3N3O. The zero-order valence-electron chi connectivity index (χ0n) is 10.4. The van der Waals surface area contributed by atoms with E-state index in [9.17, 15) is 4.79 Å². The molecule has 1 amide bonds. The highest BCUT2D eigenvalue weighted by Crippen LogP contribution is 2.29. The predicted molar refractivity (Wildman–Crippen MR) is 78.2 cm³/mol. The normalized spacial score (nSPS) is 16.5. The van der Waals surface area contributed by atoms with Crippen molar-refractivity contribution in [2.75, 3.05) is 18.4 Å². The number of hydrogen-bond acceptors (Lipinski definition) is 3. The van der Waals surface area contributed by atoms with Crippen LogP contribution in [0.1, 0.15) is 19.8 Å². The van der Waals surface area contributed by atoms with Crippen LogP contribution in [0.4, 0.5) is 5.82 Å². The SMILES string of the molecule is CC(Nc1nc(Cl)c(Cl)cc1Cl)C(=O)N1CCCC1. The lowest BCUT2D eigenvalue weighted by Crippen LogP contribution is -2.39. The highest BCUT2D eigenvalue weighted by atomic mass is 35.5. The van der Waals surface area contributed by atoms with Crippen LogP contribution in [-0.4, -0.2) is 34.9 Å². The van der Waals surface area contributed by atoms with Crippen LogP contribution in [0.15, 0.2) is 6.07 Å². The van der Waals surface area contributed by atoms with Crippen molar-refractivity contribution in [3.8, 4) is 0 Å². The van der Waals surface area contributed by atoms with Crippen LogP contribution in [0.5, 0.6) is 0 Å². The molecule has 1 saturated heterocycles. The lowest BCUT2D eigenvalue weighted by molar-refractivity contribution is -0.130. The van der Waals surface area contributed by atoms with E-state index in [1.54, 1.807) is 6.92 Å². The quantitative estimate of drug-likeness (QED) is 0.867. The van der Waals surface area contributed by atoms with Gasteiger partial charge in [0, 0.05) is 13.1 Å². The number of halogens is 3. The molecule has 0 radical (unpaired) electrons. The van der Waals surface area contributed by atoms with Gasteiger partial charge in [-0.3, -0.25) is 4.79 Å². The van der Waals surface area contributed by atoms with E-state index in [0.29, 0.717) is 10.8 Å². The molecule has 0 aromatic carbocycles. The third kappa shape index (κ3) is 3.44. The number of hydrogen-bond donors (Lipinski definition) is 1. The van der Waals surface area contributed by atoms with E-state index in [4.69, 9.17) is 34.8 Å². The molecule has 1 unspecified atom stereocenters. The van der Waals surface area contributed by atoms with Gasteiger partial charge in [-0.1, -0.05) is 34.8 Å². The van der Waals surface area contributed by atoms with Crippen molar-refractivity contribution in [1.29, 1.82) is 0 Å². The Morgan fingerprint density at radius 3 is 2.58 bits per heavy atom. The Labute approximate surface area is 127 Å². The molecule has 1 aliphatic heterocycles. The number of rotatable bonds is 3. The largest absolute Gasteiger partial charge is 0.357 e. The fourth-order valence-electron chi connectivity index (χ4n) is 2.02. The van der Waals surface area contributed by atoms with E-state index in [1.165, 1.54) is 6.07 Å². The Morgan fingerprint density at radius 1 is 1.32 bits per heavy atom. The van der Waals surface area contributed by atoms with Crippen molar-refractivity contribution in [1.82, 2.24) is 9.88 Å². The summed E-state index contributed by atoms with van der Waals surface area (Å²) in [5.41, 5.74) is 0. The van der Waals surface area contributed by atoms with Gasteiger partial charge in [-0.25, -0.2) is 4.98 Å². The lowest BCUT2D eigenvalue weighted by Gasteiger charge is -2.22. The maximum absolute atomic E-state index is 12.1. The molecule has 1 atom stereocenters. The molecule has 0 aliphatic carbocycles. The first-order chi connectivity index (χ1) is 8.99. The minimum absolute atomic E-state index is 0.0430. The van der Waals surface area contributed by atoms with Crippen LogP contribution in [0.3, 0.4) is 0 Å². The van der Waals surface area contributed by atoms with Gasteiger partial charge in [0.15, 0.2) is 0 Å². The van der Waals surface area contributed by atoms with Gasteiger partial charge >= 0.3 is 0 Å². The van der Waals surface area contributed by atoms with Crippen LogP contribution < -0.4 is 5.32 Å². The van der Waals surface area contributed by atoms with Crippen molar-refractivity contribution in [2.24, 2.45) is 0 Å². The highest BCUT2D eigenvalue weighted by molar-refractivity contribution is 6.42. The van der Waals surface area contributed by atoms with Crippen LogP contribution in [-0.2, 0) is 4.79 Å². The second kappa shape index (κ2) is 6.16. The van der Waals surface area contributed by atoms with Gasteiger partial charge in [-0.15, -0.1) is 0 Å². The molecule has 19 heavy (non-hydrogen) atoms. The fraction of sp³-hybridized carbons (Fsp3) is 0.500. The van der Waals surface area contributed by atoms with Crippen molar-refractivity contribution in [2.45, 2.75) is 25.8 Å². The summed E-state index contributed by atoms with van der Waals surface area (Å²) in [5.74, 6) is 0.414. The number of aromatic nitrogens is 1. The first kappa shape index (κ1) is 14.7. The summed E-state index contributed by atoms with van der Waals surface area (Å²) in [6.45, 7) is 3.40. The van der Waals surface area contributed by atoms with Crippen LogP contribution in [0.2, 0.25) is 15.2 Å². The second-order valence-electron chi connectivity index (χ2n) is 4.49. The molecule has 1 aliphatic rings. The van der Waals surface area contributed by atoms with Gasteiger partial charge in [0.05, 0.1) is 10.0 Å². The Hall–Kier alpha value is -0.710. The summed E-state index contributed by atoms with van der Waals surface area (Å²) in [7, 11) is 0. The monoisotopic (exact) mass is 321 g/mol. The molecule has 2 rings (SSSR count). The van der Waals surface area contributed by atoms with E-state index in [1.807, 2.05) is 4.90 Å². The smallest absolute Gasteiger partial charge is 0.244 e. The average Bonchev–Trinajstić information content (AvgIpc) is 2.88. The molecule has 104 valence electrons. The molecular weight excluding hydrogens is 309 g/mol. The zero-order chi connectivity index (χ0) is 14.0. The number of nitrogens with zero attached hydrogens (tertiary/aromatic N) is 2. The van der Waals surface area contributed by atoms with Crippen molar-refractivity contribution in [3.05, 3.63) is 21.3 Å². The number of carbonyl (C=O) groups excluding carboxylic acids is 1. The summed E-state index contributed by atoms with van der Waals surface area (Å²) in [5, 5.41) is 3.77. The molecule has 0 spiro atoms. The second-order valence-corrected chi connectivity index (χ2v) is 5.66. The minimum atomic E-state index is -0.402. The van der Waals surface area contributed by atoms with Gasteiger partial charge in [0.1, 0.15) is 17.0 Å². The Bertz CT molecular complexity index is 489. The van der Waals surface area contributed by atoms with Crippen LogP contribution >= 0.6 is 34.8 Å². The maximum Gasteiger partial charge on any atom is 0.244 e. The van der Waals surface area contributed by atoms with Crippen molar-refractivity contribution < 1.29 is 4.79 Å². The predicted octanol–water partition coefficient (Wildman–Crippen LogP) is 3.46. The van der Waals surface area contributed by atoms with Gasteiger partial charge in [0.25, 0.3) is 0 Å². The Morgan fingerprint density at radius 2 is 1.95 bits per heavy atom. The summed E-state index contributed by atoms with van der Waals surface area (Å²) >= 11 is 17.7. The van der Waals surface area contributed by atoms with Crippen LogP contribution in [0.25, 0.3) is 0 Å².